The van der Waals surface area contributed by atoms with Gasteiger partial charge >= 0.3 is 5.97 Å². The van der Waals surface area contributed by atoms with E-state index in [2.05, 4.69) is 10.0 Å². The van der Waals surface area contributed by atoms with E-state index in [4.69, 9.17) is 4.74 Å². The normalized spacial score (nSPS) is 20.6. The van der Waals surface area contributed by atoms with Gasteiger partial charge in [0, 0.05) is 6.54 Å². The topological polar surface area (TPSA) is 84.5 Å². The average Bonchev–Trinajstić information content (AvgIpc) is 2.36. The Hall–Kier alpha value is -0.660. The maximum absolute atomic E-state index is 11.6. The van der Waals surface area contributed by atoms with Crippen LogP contribution in [-0.4, -0.2) is 46.4 Å². The number of ether oxygens (including phenoxy) is 1. The minimum atomic E-state index is -3.37. The van der Waals surface area contributed by atoms with Crippen LogP contribution in [0.4, 0.5) is 0 Å². The standard InChI is InChI=1S/C11H22N2O4S/c1-2-17-11(14)5-7-18(15,16)13-9-10-4-3-6-12-8-10/h10,12-13H,2-9H2,1H3. The molecule has 1 aliphatic rings. The van der Waals surface area contributed by atoms with Gasteiger partial charge in [0.15, 0.2) is 0 Å². The van der Waals surface area contributed by atoms with Crippen LogP contribution >= 0.6 is 0 Å². The highest BCUT2D eigenvalue weighted by Gasteiger charge is 2.18. The number of rotatable bonds is 7. The molecular formula is C11H22N2O4S. The average molecular weight is 278 g/mol. The van der Waals surface area contributed by atoms with E-state index in [0.29, 0.717) is 12.5 Å². The third-order valence-corrected chi connectivity index (χ3v) is 4.22. The van der Waals surface area contributed by atoms with Crippen LogP contribution in [0.5, 0.6) is 0 Å². The molecule has 0 aromatic heterocycles. The van der Waals surface area contributed by atoms with Crippen molar-refractivity contribution in [3.8, 4) is 0 Å². The lowest BCUT2D eigenvalue weighted by Crippen LogP contribution is -2.39. The molecule has 0 radical (unpaired) electrons. The molecule has 0 aromatic carbocycles. The first kappa shape index (κ1) is 15.4. The van der Waals surface area contributed by atoms with Crippen LogP contribution in [0.15, 0.2) is 0 Å². The van der Waals surface area contributed by atoms with E-state index in [1.54, 1.807) is 6.92 Å². The van der Waals surface area contributed by atoms with Crippen molar-refractivity contribution in [1.82, 2.24) is 10.0 Å². The molecule has 1 saturated heterocycles. The maximum Gasteiger partial charge on any atom is 0.306 e. The summed E-state index contributed by atoms with van der Waals surface area (Å²) in [5, 5.41) is 3.23. The van der Waals surface area contributed by atoms with Crippen molar-refractivity contribution in [3.05, 3.63) is 0 Å². The van der Waals surface area contributed by atoms with Crippen molar-refractivity contribution in [2.75, 3.05) is 32.0 Å². The van der Waals surface area contributed by atoms with Gasteiger partial charge in [0.25, 0.3) is 0 Å². The Morgan fingerprint density at radius 3 is 2.89 bits per heavy atom. The lowest BCUT2D eigenvalue weighted by atomic mass is 10.0. The SMILES string of the molecule is CCOC(=O)CCS(=O)(=O)NCC1CCCNC1. The predicted octanol–water partition coefficient (Wildman–Crippen LogP) is -0.141. The smallest absolute Gasteiger partial charge is 0.306 e. The van der Waals surface area contributed by atoms with Crippen LogP contribution in [0.2, 0.25) is 0 Å². The van der Waals surface area contributed by atoms with Gasteiger partial charge in [-0.05, 0) is 38.8 Å². The van der Waals surface area contributed by atoms with Gasteiger partial charge in [0.2, 0.25) is 10.0 Å². The van der Waals surface area contributed by atoms with Gasteiger partial charge < -0.3 is 10.1 Å². The first-order valence-electron chi connectivity index (χ1n) is 6.37. The third-order valence-electron chi connectivity index (χ3n) is 2.87. The summed E-state index contributed by atoms with van der Waals surface area (Å²) in [6.07, 6.45) is 2.02. The minimum Gasteiger partial charge on any atom is -0.466 e. The fraction of sp³-hybridized carbons (Fsp3) is 0.909. The monoisotopic (exact) mass is 278 g/mol. The molecule has 2 N–H and O–H groups in total. The summed E-state index contributed by atoms with van der Waals surface area (Å²) < 4.78 is 30.5. The van der Waals surface area contributed by atoms with Crippen molar-refractivity contribution in [2.45, 2.75) is 26.2 Å². The summed E-state index contributed by atoms with van der Waals surface area (Å²) in [5.41, 5.74) is 0. The van der Waals surface area contributed by atoms with Gasteiger partial charge in [-0.3, -0.25) is 4.79 Å². The molecule has 1 fully saturated rings. The number of nitrogens with one attached hydrogen (secondary N) is 2. The van der Waals surface area contributed by atoms with Crippen molar-refractivity contribution in [3.63, 3.8) is 0 Å². The molecule has 0 aliphatic carbocycles. The summed E-state index contributed by atoms with van der Waals surface area (Å²) in [6, 6.07) is 0. The summed E-state index contributed by atoms with van der Waals surface area (Å²) >= 11 is 0. The molecule has 1 heterocycles. The molecule has 1 unspecified atom stereocenters. The van der Waals surface area contributed by atoms with E-state index in [0.717, 1.165) is 25.9 Å². The number of esters is 1. The van der Waals surface area contributed by atoms with E-state index in [1.165, 1.54) is 0 Å². The lowest BCUT2D eigenvalue weighted by Gasteiger charge is -2.22. The number of hydrogen-bond acceptors (Lipinski definition) is 5. The minimum absolute atomic E-state index is 0.0912. The molecule has 1 atom stereocenters. The predicted molar refractivity (Wildman–Crippen MR) is 68.6 cm³/mol. The van der Waals surface area contributed by atoms with Gasteiger partial charge in [0.1, 0.15) is 0 Å². The Morgan fingerprint density at radius 2 is 2.28 bits per heavy atom. The first-order valence-corrected chi connectivity index (χ1v) is 8.02. The van der Waals surface area contributed by atoms with Crippen molar-refractivity contribution < 1.29 is 17.9 Å². The molecule has 6 nitrogen and oxygen atoms in total. The van der Waals surface area contributed by atoms with Crippen LogP contribution < -0.4 is 10.0 Å². The molecule has 0 amide bonds. The number of hydrogen-bond donors (Lipinski definition) is 2. The van der Waals surface area contributed by atoms with Crippen LogP contribution in [0.1, 0.15) is 26.2 Å². The molecular weight excluding hydrogens is 256 g/mol. The molecule has 0 spiro atoms. The molecule has 7 heteroatoms. The van der Waals surface area contributed by atoms with Crippen molar-refractivity contribution in [1.29, 1.82) is 0 Å². The highest BCUT2D eigenvalue weighted by molar-refractivity contribution is 7.89. The number of carbonyl (C=O) groups excluding carboxylic acids is 1. The van der Waals surface area contributed by atoms with Gasteiger partial charge in [-0.2, -0.15) is 0 Å². The molecule has 0 saturated carbocycles. The molecule has 0 aromatic rings. The molecule has 18 heavy (non-hydrogen) atoms. The summed E-state index contributed by atoms with van der Waals surface area (Å²) in [7, 11) is -3.37. The Labute approximate surface area is 109 Å². The molecule has 0 bridgehead atoms. The highest BCUT2D eigenvalue weighted by Crippen LogP contribution is 2.08. The van der Waals surface area contributed by atoms with Gasteiger partial charge in [-0.25, -0.2) is 13.1 Å². The zero-order chi connectivity index (χ0) is 13.4. The Bertz CT molecular complexity index is 350. The van der Waals surface area contributed by atoms with E-state index >= 15 is 0 Å². The van der Waals surface area contributed by atoms with Crippen molar-refractivity contribution >= 4 is 16.0 Å². The Balaban J connectivity index is 2.24. The second-order valence-corrected chi connectivity index (χ2v) is 6.36. The van der Waals surface area contributed by atoms with E-state index in [9.17, 15) is 13.2 Å². The van der Waals surface area contributed by atoms with Gasteiger partial charge in [-0.15, -0.1) is 0 Å². The third kappa shape index (κ3) is 6.32. The maximum atomic E-state index is 11.6. The summed E-state index contributed by atoms with van der Waals surface area (Å²) in [6.45, 7) is 4.27. The van der Waals surface area contributed by atoms with Crippen LogP contribution in [0.25, 0.3) is 0 Å². The van der Waals surface area contributed by atoms with E-state index in [-0.39, 0.29) is 18.8 Å². The quantitative estimate of drug-likeness (QED) is 0.633. The van der Waals surface area contributed by atoms with Gasteiger partial charge in [0.05, 0.1) is 18.8 Å². The van der Waals surface area contributed by atoms with Crippen LogP contribution in [0.3, 0.4) is 0 Å². The largest absolute Gasteiger partial charge is 0.466 e. The molecule has 1 rings (SSSR count). The Morgan fingerprint density at radius 1 is 1.50 bits per heavy atom. The van der Waals surface area contributed by atoms with E-state index < -0.39 is 16.0 Å². The number of sulfonamides is 1. The first-order chi connectivity index (χ1) is 8.53. The zero-order valence-electron chi connectivity index (χ0n) is 10.8. The molecule has 106 valence electrons. The fourth-order valence-corrected chi connectivity index (χ4v) is 2.94. The summed E-state index contributed by atoms with van der Waals surface area (Å²) in [5.74, 6) is -0.329. The fourth-order valence-electron chi connectivity index (χ4n) is 1.87. The van der Waals surface area contributed by atoms with Crippen molar-refractivity contribution in [2.24, 2.45) is 5.92 Å². The Kier molecular flexibility index (Phi) is 6.59. The second-order valence-electron chi connectivity index (χ2n) is 4.43. The number of piperidine rings is 1. The van der Waals surface area contributed by atoms with Crippen LogP contribution in [0, 0.1) is 5.92 Å². The van der Waals surface area contributed by atoms with Crippen LogP contribution in [-0.2, 0) is 19.6 Å². The highest BCUT2D eigenvalue weighted by atomic mass is 32.2. The van der Waals surface area contributed by atoms with Gasteiger partial charge in [-0.1, -0.05) is 0 Å². The summed E-state index contributed by atoms with van der Waals surface area (Å²) in [4.78, 5) is 11.1. The van der Waals surface area contributed by atoms with E-state index in [1.807, 2.05) is 0 Å². The zero-order valence-corrected chi connectivity index (χ0v) is 11.6. The lowest BCUT2D eigenvalue weighted by molar-refractivity contribution is -0.142. The molecule has 1 aliphatic heterocycles. The number of carbonyl (C=O) groups is 1. The second kappa shape index (κ2) is 7.70.